The first kappa shape index (κ1) is 26.2. The maximum atomic E-state index is 13.3. The van der Waals surface area contributed by atoms with Crippen LogP contribution in [-0.4, -0.2) is 78.8 Å². The van der Waals surface area contributed by atoms with Gasteiger partial charge in [0.25, 0.3) is 0 Å². The number of carbonyl (C=O) groups is 3. The molecule has 0 saturated heterocycles. The van der Waals surface area contributed by atoms with Crippen LogP contribution in [0.3, 0.4) is 0 Å². The molecule has 8 nitrogen and oxygen atoms in total. The number of nitrogens with one attached hydrogen (secondary N) is 1. The standard InChI is InChI=1S/C27H35N3O5/c1-5-30(18(2)16-29(3)4)26(33)24(14-15-25(31)32)28-27(34)35-17-23-21-12-8-6-10-19(21)20-11-7-9-13-22(20)23/h6-13,18,23-24H,5,14-17H2,1-4H3,(H,28,34)(H,31,32). The molecule has 1 aliphatic rings. The average molecular weight is 482 g/mol. The first-order valence-electron chi connectivity index (χ1n) is 12.0. The van der Waals surface area contributed by atoms with Gasteiger partial charge >= 0.3 is 12.1 Å². The smallest absolute Gasteiger partial charge is 0.407 e. The molecule has 2 amide bonds. The van der Waals surface area contributed by atoms with E-state index in [2.05, 4.69) is 17.4 Å². The summed E-state index contributed by atoms with van der Waals surface area (Å²) in [5.41, 5.74) is 4.43. The number of rotatable bonds is 11. The molecule has 2 N–H and O–H groups in total. The van der Waals surface area contributed by atoms with Crippen LogP contribution in [0.1, 0.15) is 43.7 Å². The van der Waals surface area contributed by atoms with E-state index in [4.69, 9.17) is 9.84 Å². The van der Waals surface area contributed by atoms with Crippen molar-refractivity contribution < 1.29 is 24.2 Å². The van der Waals surface area contributed by atoms with Crippen LogP contribution in [-0.2, 0) is 14.3 Å². The third-order valence-electron chi connectivity index (χ3n) is 6.37. The normalized spacial score (nSPS) is 14.1. The highest BCUT2D eigenvalue weighted by atomic mass is 16.5. The molecule has 2 unspecified atom stereocenters. The minimum Gasteiger partial charge on any atom is -0.481 e. The second kappa shape index (κ2) is 11.8. The Morgan fingerprint density at radius 2 is 1.60 bits per heavy atom. The number of hydrogen-bond donors (Lipinski definition) is 2. The van der Waals surface area contributed by atoms with Crippen molar-refractivity contribution in [3.05, 3.63) is 59.7 Å². The third kappa shape index (κ3) is 6.39. The van der Waals surface area contributed by atoms with E-state index in [1.165, 1.54) is 0 Å². The summed E-state index contributed by atoms with van der Waals surface area (Å²) in [7, 11) is 3.84. The van der Waals surface area contributed by atoms with Gasteiger partial charge in [0.05, 0.1) is 0 Å². The van der Waals surface area contributed by atoms with E-state index in [1.54, 1.807) is 4.90 Å². The van der Waals surface area contributed by atoms with Crippen LogP contribution in [0.15, 0.2) is 48.5 Å². The van der Waals surface area contributed by atoms with E-state index < -0.39 is 18.1 Å². The first-order chi connectivity index (χ1) is 16.7. The van der Waals surface area contributed by atoms with Gasteiger partial charge in [0, 0.05) is 31.5 Å². The Labute approximate surface area is 206 Å². The quantitative estimate of drug-likeness (QED) is 0.509. The van der Waals surface area contributed by atoms with E-state index in [0.717, 1.165) is 22.3 Å². The Kier molecular flexibility index (Phi) is 8.87. The van der Waals surface area contributed by atoms with E-state index in [9.17, 15) is 14.4 Å². The van der Waals surface area contributed by atoms with Gasteiger partial charge in [0.1, 0.15) is 12.6 Å². The zero-order valence-electron chi connectivity index (χ0n) is 20.9. The summed E-state index contributed by atoms with van der Waals surface area (Å²) < 4.78 is 5.59. The number of fused-ring (bicyclic) bond motifs is 3. The van der Waals surface area contributed by atoms with E-state index >= 15 is 0 Å². The van der Waals surface area contributed by atoms with Crippen molar-refractivity contribution in [2.24, 2.45) is 0 Å². The van der Waals surface area contributed by atoms with Gasteiger partial charge in [-0.25, -0.2) is 4.79 Å². The zero-order valence-corrected chi connectivity index (χ0v) is 20.9. The summed E-state index contributed by atoms with van der Waals surface area (Å²) in [6.07, 6.45) is -0.977. The maximum absolute atomic E-state index is 13.3. The molecule has 0 radical (unpaired) electrons. The molecule has 3 rings (SSSR count). The second-order valence-corrected chi connectivity index (χ2v) is 9.19. The van der Waals surface area contributed by atoms with Gasteiger partial charge in [-0.05, 0) is 56.6 Å². The minimum atomic E-state index is -1.03. The predicted octanol–water partition coefficient (Wildman–Crippen LogP) is 3.56. The average Bonchev–Trinajstić information content (AvgIpc) is 3.14. The Bertz CT molecular complexity index is 1010. The largest absolute Gasteiger partial charge is 0.481 e. The van der Waals surface area contributed by atoms with Crippen LogP contribution in [0.5, 0.6) is 0 Å². The summed E-state index contributed by atoms with van der Waals surface area (Å²) in [5, 5.41) is 11.8. The van der Waals surface area contributed by atoms with Crippen LogP contribution in [0.4, 0.5) is 4.79 Å². The lowest BCUT2D eigenvalue weighted by Crippen LogP contribution is -2.53. The number of carboxylic acid groups (broad SMARTS) is 1. The molecule has 0 heterocycles. The number of alkyl carbamates (subject to hydrolysis) is 1. The number of carbonyl (C=O) groups excluding carboxylic acids is 2. The molecular weight excluding hydrogens is 446 g/mol. The molecule has 2 aromatic carbocycles. The van der Waals surface area contributed by atoms with Gasteiger partial charge in [0.15, 0.2) is 0 Å². The van der Waals surface area contributed by atoms with Crippen molar-refractivity contribution in [2.45, 2.75) is 44.7 Å². The summed E-state index contributed by atoms with van der Waals surface area (Å²) in [5.74, 6) is -1.44. The lowest BCUT2D eigenvalue weighted by molar-refractivity contribution is -0.138. The zero-order chi connectivity index (χ0) is 25.5. The number of aliphatic carboxylic acids is 1. The number of ether oxygens (including phenoxy) is 1. The molecule has 188 valence electrons. The van der Waals surface area contributed by atoms with Gasteiger partial charge in [-0.3, -0.25) is 9.59 Å². The fourth-order valence-electron chi connectivity index (χ4n) is 4.82. The highest BCUT2D eigenvalue weighted by Gasteiger charge is 2.31. The monoisotopic (exact) mass is 481 g/mol. The molecule has 0 aliphatic heterocycles. The van der Waals surface area contributed by atoms with Crippen molar-refractivity contribution in [1.82, 2.24) is 15.1 Å². The molecule has 35 heavy (non-hydrogen) atoms. The molecule has 2 aromatic rings. The van der Waals surface area contributed by atoms with E-state index in [0.29, 0.717) is 13.1 Å². The van der Waals surface area contributed by atoms with Crippen LogP contribution in [0.25, 0.3) is 11.1 Å². The van der Waals surface area contributed by atoms with Gasteiger partial charge in [-0.1, -0.05) is 48.5 Å². The Morgan fingerprint density at radius 3 is 2.11 bits per heavy atom. The van der Waals surface area contributed by atoms with Crippen LogP contribution in [0, 0.1) is 0 Å². The van der Waals surface area contributed by atoms with Gasteiger partial charge < -0.3 is 25.0 Å². The number of carboxylic acids is 1. The number of likely N-dealkylation sites (N-methyl/N-ethyl adjacent to an activating group) is 2. The molecule has 8 heteroatoms. The molecule has 0 saturated carbocycles. The van der Waals surface area contributed by atoms with Crippen molar-refractivity contribution in [2.75, 3.05) is 33.8 Å². The first-order valence-corrected chi connectivity index (χ1v) is 12.0. The number of hydrogen-bond acceptors (Lipinski definition) is 5. The minimum absolute atomic E-state index is 0.0104. The van der Waals surface area contributed by atoms with Crippen LogP contribution < -0.4 is 5.32 Å². The fraction of sp³-hybridized carbons (Fsp3) is 0.444. The lowest BCUT2D eigenvalue weighted by atomic mass is 9.98. The van der Waals surface area contributed by atoms with Crippen molar-refractivity contribution >= 4 is 18.0 Å². The highest BCUT2D eigenvalue weighted by Crippen LogP contribution is 2.44. The topological polar surface area (TPSA) is 99.2 Å². The molecule has 0 bridgehead atoms. The van der Waals surface area contributed by atoms with Gasteiger partial charge in [-0.15, -0.1) is 0 Å². The Hall–Kier alpha value is -3.39. The Morgan fingerprint density at radius 1 is 1.03 bits per heavy atom. The number of benzene rings is 2. The maximum Gasteiger partial charge on any atom is 0.407 e. The van der Waals surface area contributed by atoms with Crippen LogP contribution in [0.2, 0.25) is 0 Å². The van der Waals surface area contributed by atoms with E-state index in [-0.39, 0.29) is 37.3 Å². The summed E-state index contributed by atoms with van der Waals surface area (Å²) in [6.45, 7) is 5.02. The van der Waals surface area contributed by atoms with Gasteiger partial charge in [-0.2, -0.15) is 0 Å². The summed E-state index contributed by atoms with van der Waals surface area (Å²) >= 11 is 0. The molecule has 1 aliphatic carbocycles. The number of nitrogens with zero attached hydrogens (tertiary/aromatic N) is 2. The van der Waals surface area contributed by atoms with E-state index in [1.807, 2.05) is 69.2 Å². The molecule has 0 aromatic heterocycles. The SMILES string of the molecule is CCN(C(=O)C(CCC(=O)O)NC(=O)OCC1c2ccccc2-c2ccccc21)C(C)CN(C)C. The van der Waals surface area contributed by atoms with Crippen molar-refractivity contribution in [1.29, 1.82) is 0 Å². The van der Waals surface area contributed by atoms with Crippen molar-refractivity contribution in [3.63, 3.8) is 0 Å². The van der Waals surface area contributed by atoms with Crippen molar-refractivity contribution in [3.8, 4) is 11.1 Å². The number of amides is 2. The lowest BCUT2D eigenvalue weighted by Gasteiger charge is -2.33. The Balaban J connectivity index is 1.70. The molecule has 0 spiro atoms. The molecule has 2 atom stereocenters. The summed E-state index contributed by atoms with van der Waals surface area (Å²) in [4.78, 5) is 40.9. The molecular formula is C27H35N3O5. The summed E-state index contributed by atoms with van der Waals surface area (Å²) in [6, 6.07) is 15.0. The molecule has 0 fully saturated rings. The second-order valence-electron chi connectivity index (χ2n) is 9.19. The fourth-order valence-corrected chi connectivity index (χ4v) is 4.82. The van der Waals surface area contributed by atoms with Crippen LogP contribution >= 0.6 is 0 Å². The highest BCUT2D eigenvalue weighted by molar-refractivity contribution is 5.86. The van der Waals surface area contributed by atoms with Gasteiger partial charge in [0.2, 0.25) is 5.91 Å². The third-order valence-corrected chi connectivity index (χ3v) is 6.37. The predicted molar refractivity (Wildman–Crippen MR) is 134 cm³/mol.